The van der Waals surface area contributed by atoms with Crippen molar-refractivity contribution in [1.82, 2.24) is 9.78 Å². The number of para-hydroxylation sites is 1. The summed E-state index contributed by atoms with van der Waals surface area (Å²) < 4.78 is 7.41. The number of carbonyl (C=O) groups excluding carboxylic acids is 1. The molecule has 0 spiro atoms. The Bertz CT molecular complexity index is 835. The summed E-state index contributed by atoms with van der Waals surface area (Å²) >= 11 is 0. The van der Waals surface area contributed by atoms with E-state index in [9.17, 15) is 4.79 Å². The molecule has 0 radical (unpaired) electrons. The molecule has 0 bridgehead atoms. The van der Waals surface area contributed by atoms with Crippen molar-refractivity contribution in [2.75, 3.05) is 0 Å². The molecule has 0 saturated heterocycles. The number of esters is 1. The quantitative estimate of drug-likeness (QED) is 0.686. The van der Waals surface area contributed by atoms with Crippen LogP contribution in [-0.2, 0) is 16.0 Å². The average molecular weight is 308 g/mol. The van der Waals surface area contributed by atoms with Gasteiger partial charge in [-0.25, -0.2) is 4.68 Å². The predicted octanol–water partition coefficient (Wildman–Crippen LogP) is 3.91. The number of benzene rings is 2. The lowest BCUT2D eigenvalue weighted by Crippen LogP contribution is -2.30. The molecule has 0 aliphatic rings. The molecule has 2 aromatic carbocycles. The highest BCUT2D eigenvalue weighted by molar-refractivity contribution is 5.82. The number of ether oxygens (including phenoxy) is 1. The number of hydrogen-bond acceptors (Lipinski definition) is 3. The summed E-state index contributed by atoms with van der Waals surface area (Å²) in [4.78, 5) is 11.4. The lowest BCUT2D eigenvalue weighted by molar-refractivity contribution is -0.153. The SMILES string of the molecule is CC(=O)OC(C)(C)Cc1c2ccccc2nn1-c1ccccc1. The van der Waals surface area contributed by atoms with Gasteiger partial charge in [0.1, 0.15) is 5.60 Å². The molecule has 1 aromatic heterocycles. The molecular formula is C19H20N2O2. The first-order valence-corrected chi connectivity index (χ1v) is 7.68. The Morgan fingerprint density at radius 1 is 1.09 bits per heavy atom. The van der Waals surface area contributed by atoms with E-state index in [1.807, 2.05) is 67.1 Å². The van der Waals surface area contributed by atoms with E-state index in [0.717, 1.165) is 22.3 Å². The zero-order valence-electron chi connectivity index (χ0n) is 13.6. The first-order chi connectivity index (χ1) is 11.0. The van der Waals surface area contributed by atoms with Gasteiger partial charge in [0.2, 0.25) is 0 Å². The van der Waals surface area contributed by atoms with Gasteiger partial charge in [-0.15, -0.1) is 0 Å². The average Bonchev–Trinajstić information content (AvgIpc) is 2.85. The maximum absolute atomic E-state index is 11.4. The molecule has 0 saturated carbocycles. The van der Waals surface area contributed by atoms with Crippen molar-refractivity contribution in [1.29, 1.82) is 0 Å². The number of hydrogen-bond donors (Lipinski definition) is 0. The lowest BCUT2D eigenvalue weighted by Gasteiger charge is -2.25. The van der Waals surface area contributed by atoms with Crippen LogP contribution >= 0.6 is 0 Å². The maximum Gasteiger partial charge on any atom is 0.303 e. The van der Waals surface area contributed by atoms with Crippen LogP contribution in [0.5, 0.6) is 0 Å². The van der Waals surface area contributed by atoms with Gasteiger partial charge in [0.15, 0.2) is 0 Å². The molecule has 0 atom stereocenters. The molecule has 0 N–H and O–H groups in total. The van der Waals surface area contributed by atoms with Crippen molar-refractivity contribution in [3.63, 3.8) is 0 Å². The molecule has 23 heavy (non-hydrogen) atoms. The molecule has 0 aliphatic heterocycles. The van der Waals surface area contributed by atoms with Crippen LogP contribution in [0, 0.1) is 0 Å². The first kappa shape index (κ1) is 15.3. The van der Waals surface area contributed by atoms with E-state index >= 15 is 0 Å². The van der Waals surface area contributed by atoms with E-state index < -0.39 is 5.60 Å². The van der Waals surface area contributed by atoms with Crippen LogP contribution in [0.3, 0.4) is 0 Å². The summed E-state index contributed by atoms with van der Waals surface area (Å²) in [5, 5.41) is 5.80. The van der Waals surface area contributed by atoms with Gasteiger partial charge in [-0.1, -0.05) is 36.4 Å². The Hall–Kier alpha value is -2.62. The predicted molar refractivity (Wildman–Crippen MR) is 90.6 cm³/mol. The fraction of sp³-hybridized carbons (Fsp3) is 0.263. The van der Waals surface area contributed by atoms with Crippen LogP contribution in [0.15, 0.2) is 54.6 Å². The molecule has 0 aliphatic carbocycles. The number of rotatable bonds is 4. The molecule has 4 heteroatoms. The molecule has 0 unspecified atom stereocenters. The zero-order chi connectivity index (χ0) is 16.4. The third kappa shape index (κ3) is 3.26. The van der Waals surface area contributed by atoms with Crippen molar-refractivity contribution < 1.29 is 9.53 Å². The molecule has 3 aromatic rings. The van der Waals surface area contributed by atoms with Gasteiger partial charge in [-0.3, -0.25) is 4.79 Å². The fourth-order valence-corrected chi connectivity index (χ4v) is 2.87. The Morgan fingerprint density at radius 2 is 1.74 bits per heavy atom. The Morgan fingerprint density at radius 3 is 2.43 bits per heavy atom. The number of nitrogens with zero attached hydrogens (tertiary/aromatic N) is 2. The van der Waals surface area contributed by atoms with Crippen LogP contribution in [0.1, 0.15) is 26.5 Å². The van der Waals surface area contributed by atoms with E-state index in [1.165, 1.54) is 6.92 Å². The minimum Gasteiger partial charge on any atom is -0.459 e. The van der Waals surface area contributed by atoms with Crippen molar-refractivity contribution in [3.8, 4) is 5.69 Å². The Labute approximate surface area is 135 Å². The third-order valence-corrected chi connectivity index (χ3v) is 3.69. The second-order valence-electron chi connectivity index (χ2n) is 6.24. The minimum atomic E-state index is -0.596. The number of fused-ring (bicyclic) bond motifs is 1. The molecular weight excluding hydrogens is 288 g/mol. The van der Waals surface area contributed by atoms with E-state index in [-0.39, 0.29) is 5.97 Å². The first-order valence-electron chi connectivity index (χ1n) is 7.68. The summed E-state index contributed by atoms with van der Waals surface area (Å²) in [6, 6.07) is 18.0. The minimum absolute atomic E-state index is 0.273. The fourth-order valence-electron chi connectivity index (χ4n) is 2.87. The zero-order valence-corrected chi connectivity index (χ0v) is 13.6. The summed E-state index contributed by atoms with van der Waals surface area (Å²) in [6.45, 7) is 5.28. The highest BCUT2D eigenvalue weighted by Crippen LogP contribution is 2.27. The number of aromatic nitrogens is 2. The molecule has 118 valence electrons. The van der Waals surface area contributed by atoms with Crippen LogP contribution in [0.2, 0.25) is 0 Å². The summed E-state index contributed by atoms with van der Waals surface area (Å²) in [7, 11) is 0. The Balaban J connectivity index is 2.12. The monoisotopic (exact) mass is 308 g/mol. The van der Waals surface area contributed by atoms with Crippen molar-refractivity contribution in [3.05, 3.63) is 60.3 Å². The summed E-state index contributed by atoms with van der Waals surface area (Å²) in [6.07, 6.45) is 0.585. The second kappa shape index (κ2) is 5.88. The second-order valence-corrected chi connectivity index (χ2v) is 6.24. The van der Waals surface area contributed by atoms with Crippen LogP contribution in [-0.4, -0.2) is 21.4 Å². The highest BCUT2D eigenvalue weighted by atomic mass is 16.6. The van der Waals surface area contributed by atoms with Gasteiger partial charge in [0.05, 0.1) is 16.9 Å². The molecule has 1 heterocycles. The molecule has 0 amide bonds. The lowest BCUT2D eigenvalue weighted by atomic mass is 10.00. The smallest absolute Gasteiger partial charge is 0.303 e. The summed E-state index contributed by atoms with van der Waals surface area (Å²) in [5.41, 5.74) is 2.38. The van der Waals surface area contributed by atoms with Gasteiger partial charge in [0.25, 0.3) is 0 Å². The summed E-state index contributed by atoms with van der Waals surface area (Å²) in [5.74, 6) is -0.273. The molecule has 0 fully saturated rings. The topological polar surface area (TPSA) is 44.1 Å². The Kier molecular flexibility index (Phi) is 3.90. The van der Waals surface area contributed by atoms with E-state index in [2.05, 4.69) is 6.07 Å². The van der Waals surface area contributed by atoms with E-state index in [4.69, 9.17) is 9.84 Å². The highest BCUT2D eigenvalue weighted by Gasteiger charge is 2.26. The molecule has 3 rings (SSSR count). The van der Waals surface area contributed by atoms with Crippen molar-refractivity contribution in [2.24, 2.45) is 0 Å². The van der Waals surface area contributed by atoms with Gasteiger partial charge < -0.3 is 4.74 Å². The standard InChI is InChI=1S/C19H20N2O2/c1-14(22)23-19(2,3)13-18-16-11-7-8-12-17(16)20-21(18)15-9-5-4-6-10-15/h4-12H,13H2,1-3H3. The van der Waals surface area contributed by atoms with Crippen LogP contribution in [0.25, 0.3) is 16.6 Å². The van der Waals surface area contributed by atoms with Gasteiger partial charge >= 0.3 is 5.97 Å². The van der Waals surface area contributed by atoms with Crippen LogP contribution < -0.4 is 0 Å². The van der Waals surface area contributed by atoms with Gasteiger partial charge in [-0.05, 0) is 32.0 Å². The van der Waals surface area contributed by atoms with Crippen molar-refractivity contribution >= 4 is 16.9 Å². The van der Waals surface area contributed by atoms with E-state index in [1.54, 1.807) is 0 Å². The van der Waals surface area contributed by atoms with Crippen LogP contribution in [0.4, 0.5) is 0 Å². The van der Waals surface area contributed by atoms with Gasteiger partial charge in [-0.2, -0.15) is 5.10 Å². The number of carbonyl (C=O) groups is 1. The van der Waals surface area contributed by atoms with E-state index in [0.29, 0.717) is 6.42 Å². The maximum atomic E-state index is 11.4. The normalized spacial score (nSPS) is 11.6. The third-order valence-electron chi connectivity index (χ3n) is 3.69. The van der Waals surface area contributed by atoms with Gasteiger partial charge in [0, 0.05) is 18.7 Å². The van der Waals surface area contributed by atoms with Crippen molar-refractivity contribution in [2.45, 2.75) is 32.8 Å². The largest absolute Gasteiger partial charge is 0.459 e. The molecule has 4 nitrogen and oxygen atoms in total.